The fourth-order valence-corrected chi connectivity index (χ4v) is 3.60. The van der Waals surface area contributed by atoms with Crippen molar-refractivity contribution in [1.29, 1.82) is 0 Å². The van der Waals surface area contributed by atoms with E-state index in [1.165, 1.54) is 89.5 Å². The summed E-state index contributed by atoms with van der Waals surface area (Å²) in [5.74, 6) is -0.290. The van der Waals surface area contributed by atoms with Crippen LogP contribution in [0, 0.1) is 0 Å². The lowest BCUT2D eigenvalue weighted by Crippen LogP contribution is -2.32. The third kappa shape index (κ3) is 15.9. The molecule has 5 nitrogen and oxygen atoms in total. The molecule has 0 aliphatic carbocycles. The number of anilines is 1. The second-order valence-electron chi connectivity index (χ2n) is 8.71. The van der Waals surface area contributed by atoms with Gasteiger partial charge in [0.05, 0.1) is 12.7 Å². The Bertz CT molecular complexity index is 601. The number of aliphatic hydroxyl groups excluding tert-OH is 2. The highest BCUT2D eigenvalue weighted by Gasteiger charge is 2.02. The van der Waals surface area contributed by atoms with Gasteiger partial charge in [-0.25, -0.2) is 0 Å². The van der Waals surface area contributed by atoms with Crippen LogP contribution in [0.1, 0.15) is 96.0 Å². The number of carbonyl (C=O) groups excluding carboxylic acids is 1. The smallest absolute Gasteiger partial charge is 0.244 e. The van der Waals surface area contributed by atoms with Crippen LogP contribution in [0.4, 0.5) is 5.69 Å². The first-order valence-electron chi connectivity index (χ1n) is 12.7. The third-order valence-corrected chi connectivity index (χ3v) is 5.67. The van der Waals surface area contributed by atoms with E-state index in [1.54, 1.807) is 6.08 Å². The number of carbonyl (C=O) groups is 1. The van der Waals surface area contributed by atoms with Gasteiger partial charge in [0.25, 0.3) is 0 Å². The molecule has 1 atom stereocenters. The fourth-order valence-electron chi connectivity index (χ4n) is 3.60. The van der Waals surface area contributed by atoms with E-state index in [0.29, 0.717) is 0 Å². The number of nitrogens with one attached hydrogen (secondary N) is 2. The highest BCUT2D eigenvalue weighted by atomic mass is 16.3. The van der Waals surface area contributed by atoms with E-state index in [-0.39, 0.29) is 19.1 Å². The maximum atomic E-state index is 11.7. The van der Waals surface area contributed by atoms with Crippen LogP contribution in [0.5, 0.6) is 0 Å². The number of aliphatic hydroxyl groups is 2. The van der Waals surface area contributed by atoms with Gasteiger partial charge in [-0.3, -0.25) is 4.79 Å². The van der Waals surface area contributed by atoms with Crippen molar-refractivity contribution in [3.63, 3.8) is 0 Å². The maximum Gasteiger partial charge on any atom is 0.244 e. The number of hydrogen-bond acceptors (Lipinski definition) is 4. The molecule has 0 aliphatic heterocycles. The summed E-state index contributed by atoms with van der Waals surface area (Å²) in [7, 11) is 0. The normalized spacial score (nSPS) is 12.2. The molecule has 0 heterocycles. The second kappa shape index (κ2) is 19.8. The molecule has 1 unspecified atom stereocenters. The van der Waals surface area contributed by atoms with E-state index in [2.05, 4.69) is 17.6 Å². The molecule has 32 heavy (non-hydrogen) atoms. The van der Waals surface area contributed by atoms with Gasteiger partial charge in [0.1, 0.15) is 0 Å². The topological polar surface area (TPSA) is 81.6 Å². The van der Waals surface area contributed by atoms with Crippen molar-refractivity contribution in [2.75, 3.05) is 25.0 Å². The third-order valence-electron chi connectivity index (χ3n) is 5.67. The summed E-state index contributed by atoms with van der Waals surface area (Å²) in [5.41, 5.74) is 2.03. The predicted molar refractivity (Wildman–Crippen MR) is 136 cm³/mol. The molecule has 0 fully saturated rings. The summed E-state index contributed by atoms with van der Waals surface area (Å²) in [5, 5.41) is 24.0. The van der Waals surface area contributed by atoms with Crippen LogP contribution in [-0.4, -0.2) is 41.9 Å². The minimum atomic E-state index is -0.924. The molecule has 0 spiro atoms. The summed E-state index contributed by atoms with van der Waals surface area (Å²) in [6.45, 7) is 2.94. The Labute approximate surface area is 195 Å². The Morgan fingerprint density at radius 1 is 0.875 bits per heavy atom. The molecule has 4 N–H and O–H groups in total. The molecule has 5 heteroatoms. The molecule has 0 aromatic heterocycles. The molecular formula is C27H46N2O3. The van der Waals surface area contributed by atoms with Gasteiger partial charge < -0.3 is 20.8 Å². The molecule has 0 bridgehead atoms. The van der Waals surface area contributed by atoms with E-state index in [0.717, 1.165) is 17.8 Å². The summed E-state index contributed by atoms with van der Waals surface area (Å²) in [6, 6.07) is 7.99. The van der Waals surface area contributed by atoms with Crippen molar-refractivity contribution in [1.82, 2.24) is 5.32 Å². The molecule has 182 valence electrons. The van der Waals surface area contributed by atoms with Crippen molar-refractivity contribution in [3.05, 3.63) is 35.9 Å². The standard InChI is InChI=1S/C27H46N2O3/c1-2-3-4-5-6-7-8-9-10-11-12-13-14-21-28-25-18-15-24(16-19-25)17-20-27(32)29-22-26(31)23-30/h15-20,26,28,30-31H,2-14,21-23H2,1H3,(H,29,32). The van der Waals surface area contributed by atoms with E-state index >= 15 is 0 Å². The van der Waals surface area contributed by atoms with Gasteiger partial charge in [0.2, 0.25) is 5.91 Å². The van der Waals surface area contributed by atoms with E-state index in [9.17, 15) is 9.90 Å². The van der Waals surface area contributed by atoms with E-state index in [1.807, 2.05) is 24.3 Å². The van der Waals surface area contributed by atoms with Gasteiger partial charge in [-0.2, -0.15) is 0 Å². The zero-order valence-corrected chi connectivity index (χ0v) is 20.2. The Balaban J connectivity index is 2.00. The number of unbranched alkanes of at least 4 members (excludes halogenated alkanes) is 12. The highest BCUT2D eigenvalue weighted by molar-refractivity contribution is 5.91. The van der Waals surface area contributed by atoms with Crippen molar-refractivity contribution in [2.24, 2.45) is 0 Å². The summed E-state index contributed by atoms with van der Waals surface area (Å²) in [4.78, 5) is 11.7. The predicted octanol–water partition coefficient (Wildman–Crippen LogP) is 5.67. The maximum absolute atomic E-state index is 11.7. The molecule has 1 aromatic rings. The van der Waals surface area contributed by atoms with Crippen LogP contribution < -0.4 is 10.6 Å². The van der Waals surface area contributed by atoms with Gasteiger partial charge in [0, 0.05) is 24.9 Å². The number of benzene rings is 1. The Morgan fingerprint density at radius 3 is 1.94 bits per heavy atom. The molecule has 0 radical (unpaired) electrons. The lowest BCUT2D eigenvalue weighted by molar-refractivity contribution is -0.117. The molecule has 0 saturated carbocycles. The summed E-state index contributed by atoms with van der Waals surface area (Å²) >= 11 is 0. The first-order valence-corrected chi connectivity index (χ1v) is 12.7. The number of rotatable bonds is 20. The first-order chi connectivity index (χ1) is 15.7. The molecule has 1 amide bonds. The van der Waals surface area contributed by atoms with Gasteiger partial charge >= 0.3 is 0 Å². The lowest BCUT2D eigenvalue weighted by Gasteiger charge is -2.07. The van der Waals surface area contributed by atoms with Crippen LogP contribution in [0.15, 0.2) is 30.3 Å². The molecule has 1 rings (SSSR count). The lowest BCUT2D eigenvalue weighted by atomic mass is 10.0. The molecular weight excluding hydrogens is 400 g/mol. The van der Waals surface area contributed by atoms with Crippen molar-refractivity contribution in [2.45, 2.75) is 96.5 Å². The first kappa shape index (κ1) is 28.2. The minimum absolute atomic E-state index is 0.0434. The average molecular weight is 447 g/mol. The average Bonchev–Trinajstić information content (AvgIpc) is 2.82. The minimum Gasteiger partial charge on any atom is -0.394 e. The van der Waals surface area contributed by atoms with Gasteiger partial charge in [0.15, 0.2) is 0 Å². The zero-order chi connectivity index (χ0) is 23.3. The largest absolute Gasteiger partial charge is 0.394 e. The van der Waals surface area contributed by atoms with Crippen LogP contribution in [-0.2, 0) is 4.79 Å². The van der Waals surface area contributed by atoms with Gasteiger partial charge in [-0.1, -0.05) is 96.1 Å². The van der Waals surface area contributed by atoms with Crippen LogP contribution in [0.3, 0.4) is 0 Å². The zero-order valence-electron chi connectivity index (χ0n) is 20.2. The van der Waals surface area contributed by atoms with Crippen LogP contribution in [0.25, 0.3) is 6.08 Å². The summed E-state index contributed by atoms with van der Waals surface area (Å²) < 4.78 is 0. The summed E-state index contributed by atoms with van der Waals surface area (Å²) in [6.07, 6.45) is 20.0. The van der Waals surface area contributed by atoms with Crippen molar-refractivity contribution < 1.29 is 15.0 Å². The van der Waals surface area contributed by atoms with E-state index < -0.39 is 6.10 Å². The van der Waals surface area contributed by atoms with Crippen LogP contribution >= 0.6 is 0 Å². The molecule has 1 aromatic carbocycles. The van der Waals surface area contributed by atoms with Gasteiger partial charge in [-0.15, -0.1) is 0 Å². The fraction of sp³-hybridized carbons (Fsp3) is 0.667. The molecule has 0 aliphatic rings. The molecule has 0 saturated heterocycles. The monoisotopic (exact) mass is 446 g/mol. The number of hydrogen-bond donors (Lipinski definition) is 4. The Hall–Kier alpha value is -1.85. The van der Waals surface area contributed by atoms with E-state index in [4.69, 9.17) is 5.11 Å². The SMILES string of the molecule is CCCCCCCCCCCCCCCNc1ccc(C=CC(=O)NCC(O)CO)cc1. The van der Waals surface area contributed by atoms with Gasteiger partial charge in [-0.05, 0) is 30.2 Å². The van der Waals surface area contributed by atoms with Crippen molar-refractivity contribution in [3.8, 4) is 0 Å². The van der Waals surface area contributed by atoms with Crippen LogP contribution in [0.2, 0.25) is 0 Å². The highest BCUT2D eigenvalue weighted by Crippen LogP contribution is 2.14. The Kier molecular flexibility index (Phi) is 17.4. The van der Waals surface area contributed by atoms with Crippen molar-refractivity contribution >= 4 is 17.7 Å². The number of amides is 1. The quantitative estimate of drug-likeness (QED) is 0.154. The second-order valence-corrected chi connectivity index (χ2v) is 8.71. The Morgan fingerprint density at radius 2 is 1.41 bits per heavy atom.